The van der Waals surface area contributed by atoms with Crippen LogP contribution in [0.2, 0.25) is 5.02 Å². The molecule has 23 heavy (non-hydrogen) atoms. The Bertz CT molecular complexity index is 649. The van der Waals surface area contributed by atoms with Crippen molar-refractivity contribution < 1.29 is 4.79 Å². The van der Waals surface area contributed by atoms with E-state index in [1.165, 1.54) is 0 Å². The highest BCUT2D eigenvalue weighted by molar-refractivity contribution is 7.13. The second-order valence-corrected chi connectivity index (χ2v) is 6.80. The van der Waals surface area contributed by atoms with Crippen molar-refractivity contribution in [2.45, 2.75) is 6.42 Å². The maximum absolute atomic E-state index is 12.2. The number of amides is 1. The lowest BCUT2D eigenvalue weighted by Gasteiger charge is -2.21. The fraction of sp³-hybridized carbons (Fsp3) is 0.375. The predicted molar refractivity (Wildman–Crippen MR) is 95.5 cm³/mol. The summed E-state index contributed by atoms with van der Waals surface area (Å²) in [4.78, 5) is 21.0. The Labute approximate surface area is 144 Å². The lowest BCUT2D eigenvalue weighted by atomic mass is 10.3. The van der Waals surface area contributed by atoms with Crippen LogP contribution in [0.3, 0.4) is 0 Å². The van der Waals surface area contributed by atoms with Crippen LogP contribution in [-0.2, 0) is 4.79 Å². The molecule has 0 atom stereocenters. The van der Waals surface area contributed by atoms with Gasteiger partial charge in [-0.05, 0) is 24.6 Å². The Morgan fingerprint density at radius 1 is 1.30 bits per heavy atom. The van der Waals surface area contributed by atoms with E-state index in [9.17, 15) is 4.79 Å². The van der Waals surface area contributed by atoms with Crippen LogP contribution in [0.15, 0.2) is 35.8 Å². The number of anilines is 2. The van der Waals surface area contributed by atoms with E-state index in [2.05, 4.69) is 20.1 Å². The van der Waals surface area contributed by atoms with Crippen LogP contribution in [0.5, 0.6) is 0 Å². The number of rotatable bonds is 4. The van der Waals surface area contributed by atoms with E-state index >= 15 is 0 Å². The SMILES string of the molecule is O=C(CN1CCCN(c2nccs2)CC1)Nc1cccc(Cl)c1. The van der Waals surface area contributed by atoms with Gasteiger partial charge in [0.15, 0.2) is 5.13 Å². The Kier molecular flexibility index (Phi) is 5.48. The molecular formula is C16H19ClN4OS. The Morgan fingerprint density at radius 3 is 3.00 bits per heavy atom. The third-order valence-corrected chi connectivity index (χ3v) is 4.82. The van der Waals surface area contributed by atoms with E-state index in [-0.39, 0.29) is 5.91 Å². The normalized spacial score (nSPS) is 16.1. The molecule has 122 valence electrons. The molecule has 7 heteroatoms. The van der Waals surface area contributed by atoms with Crippen LogP contribution in [0.4, 0.5) is 10.8 Å². The minimum atomic E-state index is -0.00466. The molecule has 2 aromatic rings. The largest absolute Gasteiger partial charge is 0.347 e. The maximum atomic E-state index is 12.2. The summed E-state index contributed by atoms with van der Waals surface area (Å²) in [5, 5.41) is 6.58. The van der Waals surface area contributed by atoms with Crippen LogP contribution in [0.25, 0.3) is 0 Å². The van der Waals surface area contributed by atoms with Crippen LogP contribution < -0.4 is 10.2 Å². The topological polar surface area (TPSA) is 48.5 Å². The number of nitrogens with one attached hydrogen (secondary N) is 1. The van der Waals surface area contributed by atoms with Gasteiger partial charge in [-0.3, -0.25) is 9.69 Å². The van der Waals surface area contributed by atoms with Gasteiger partial charge in [0.05, 0.1) is 6.54 Å². The van der Waals surface area contributed by atoms with Gasteiger partial charge in [0.1, 0.15) is 0 Å². The minimum absolute atomic E-state index is 0.00466. The number of halogens is 1. The fourth-order valence-corrected chi connectivity index (χ4v) is 3.55. The van der Waals surface area contributed by atoms with Crippen molar-refractivity contribution in [2.24, 2.45) is 0 Å². The zero-order valence-corrected chi connectivity index (χ0v) is 14.3. The van der Waals surface area contributed by atoms with E-state index < -0.39 is 0 Å². The van der Waals surface area contributed by atoms with Gasteiger partial charge in [-0.25, -0.2) is 4.98 Å². The number of hydrogen-bond acceptors (Lipinski definition) is 5. The molecule has 1 aliphatic rings. The molecule has 0 saturated carbocycles. The summed E-state index contributed by atoms with van der Waals surface area (Å²) < 4.78 is 0. The van der Waals surface area contributed by atoms with Gasteiger partial charge in [-0.1, -0.05) is 17.7 Å². The Morgan fingerprint density at radius 2 is 2.22 bits per heavy atom. The predicted octanol–water partition coefficient (Wildman–Crippen LogP) is 2.95. The highest BCUT2D eigenvalue weighted by Gasteiger charge is 2.18. The first-order chi connectivity index (χ1) is 11.2. The summed E-state index contributed by atoms with van der Waals surface area (Å²) in [6, 6.07) is 7.22. The minimum Gasteiger partial charge on any atom is -0.347 e. The average molecular weight is 351 g/mol. The van der Waals surface area contributed by atoms with Gasteiger partial charge in [0, 0.05) is 48.5 Å². The van der Waals surface area contributed by atoms with Gasteiger partial charge in [-0.15, -0.1) is 11.3 Å². The van der Waals surface area contributed by atoms with Gasteiger partial charge in [-0.2, -0.15) is 0 Å². The standard InChI is InChI=1S/C16H19ClN4OS/c17-13-3-1-4-14(11-13)19-15(22)12-20-6-2-7-21(9-8-20)16-18-5-10-23-16/h1,3-5,10-11H,2,6-9,12H2,(H,19,22). The molecule has 2 heterocycles. The average Bonchev–Trinajstić information content (AvgIpc) is 2.95. The van der Waals surface area contributed by atoms with E-state index in [1.807, 2.05) is 23.7 Å². The third kappa shape index (κ3) is 4.67. The molecule has 1 aromatic carbocycles. The van der Waals surface area contributed by atoms with Gasteiger partial charge in [0.2, 0.25) is 5.91 Å². The number of thiazole rings is 1. The molecule has 1 saturated heterocycles. The van der Waals surface area contributed by atoms with Gasteiger partial charge < -0.3 is 10.2 Å². The van der Waals surface area contributed by atoms with Crippen molar-refractivity contribution in [1.29, 1.82) is 0 Å². The molecule has 1 aromatic heterocycles. The summed E-state index contributed by atoms with van der Waals surface area (Å²) in [5.74, 6) is -0.00466. The second-order valence-electron chi connectivity index (χ2n) is 5.49. The molecule has 1 fully saturated rings. The Hall–Kier alpha value is -1.63. The summed E-state index contributed by atoms with van der Waals surface area (Å²) in [6.45, 7) is 4.07. The summed E-state index contributed by atoms with van der Waals surface area (Å²) in [5.41, 5.74) is 0.738. The first-order valence-corrected chi connectivity index (χ1v) is 8.89. The molecule has 1 N–H and O–H groups in total. The highest BCUT2D eigenvalue weighted by Crippen LogP contribution is 2.19. The van der Waals surface area contributed by atoms with Crippen molar-refractivity contribution >= 4 is 39.7 Å². The zero-order chi connectivity index (χ0) is 16.1. The molecule has 0 bridgehead atoms. The van der Waals surface area contributed by atoms with E-state index in [4.69, 9.17) is 11.6 Å². The molecule has 0 spiro atoms. The molecule has 0 unspecified atom stereocenters. The molecule has 1 amide bonds. The first kappa shape index (κ1) is 16.2. The van der Waals surface area contributed by atoms with Crippen molar-refractivity contribution in [3.05, 3.63) is 40.9 Å². The van der Waals surface area contributed by atoms with Gasteiger partial charge >= 0.3 is 0 Å². The summed E-state index contributed by atoms with van der Waals surface area (Å²) >= 11 is 7.60. The van der Waals surface area contributed by atoms with Crippen molar-refractivity contribution in [2.75, 3.05) is 42.9 Å². The molecule has 5 nitrogen and oxygen atoms in total. The summed E-state index contributed by atoms with van der Waals surface area (Å²) in [6.07, 6.45) is 2.87. The molecule has 0 aliphatic carbocycles. The molecular weight excluding hydrogens is 332 g/mol. The smallest absolute Gasteiger partial charge is 0.238 e. The zero-order valence-electron chi connectivity index (χ0n) is 12.7. The first-order valence-electron chi connectivity index (χ1n) is 7.63. The number of nitrogens with zero attached hydrogens (tertiary/aromatic N) is 3. The molecule has 0 radical (unpaired) electrons. The van der Waals surface area contributed by atoms with Crippen molar-refractivity contribution in [1.82, 2.24) is 9.88 Å². The summed E-state index contributed by atoms with van der Waals surface area (Å²) in [7, 11) is 0. The van der Waals surface area contributed by atoms with Crippen LogP contribution in [-0.4, -0.2) is 48.5 Å². The van der Waals surface area contributed by atoms with Crippen LogP contribution in [0, 0.1) is 0 Å². The number of carbonyl (C=O) groups is 1. The third-order valence-electron chi connectivity index (χ3n) is 3.75. The number of hydrogen-bond donors (Lipinski definition) is 1. The monoisotopic (exact) mass is 350 g/mol. The lowest BCUT2D eigenvalue weighted by Crippen LogP contribution is -2.36. The lowest BCUT2D eigenvalue weighted by molar-refractivity contribution is -0.117. The fourth-order valence-electron chi connectivity index (χ4n) is 2.66. The van der Waals surface area contributed by atoms with Gasteiger partial charge in [0.25, 0.3) is 0 Å². The molecule has 3 rings (SSSR count). The Balaban J connectivity index is 1.51. The van der Waals surface area contributed by atoms with E-state index in [0.717, 1.165) is 43.4 Å². The number of aromatic nitrogens is 1. The maximum Gasteiger partial charge on any atom is 0.238 e. The van der Waals surface area contributed by atoms with E-state index in [0.29, 0.717) is 11.6 Å². The number of carbonyl (C=O) groups excluding carboxylic acids is 1. The second kappa shape index (κ2) is 7.77. The number of benzene rings is 1. The van der Waals surface area contributed by atoms with Crippen molar-refractivity contribution in [3.63, 3.8) is 0 Å². The van der Waals surface area contributed by atoms with Crippen molar-refractivity contribution in [3.8, 4) is 0 Å². The van der Waals surface area contributed by atoms with Crippen LogP contribution >= 0.6 is 22.9 Å². The molecule has 1 aliphatic heterocycles. The quantitative estimate of drug-likeness (QED) is 0.921. The van der Waals surface area contributed by atoms with E-state index in [1.54, 1.807) is 23.5 Å². The van der Waals surface area contributed by atoms with Crippen LogP contribution in [0.1, 0.15) is 6.42 Å². The highest BCUT2D eigenvalue weighted by atomic mass is 35.5.